The number of hydrogen-bond acceptors (Lipinski definition) is 3. The largest absolute Gasteiger partial charge is 0.307 e. The predicted octanol–water partition coefficient (Wildman–Crippen LogP) is 47.1. The molecule has 0 aliphatic heterocycles. The molecule has 13 aromatic carbocycles. The van der Waals surface area contributed by atoms with Gasteiger partial charge in [0, 0.05) is 53.9 Å². The van der Waals surface area contributed by atoms with E-state index in [0.717, 1.165) is 22.4 Å². The van der Waals surface area contributed by atoms with E-state index in [1.165, 1.54) is 98.4 Å². The molecule has 0 saturated heterocycles. The summed E-state index contributed by atoms with van der Waals surface area (Å²) >= 11 is 0. The summed E-state index contributed by atoms with van der Waals surface area (Å²) < 4.78 is 4.06. The van der Waals surface area contributed by atoms with Crippen molar-refractivity contribution in [2.75, 3.05) is 0 Å². The molecule has 5 heteroatoms. The van der Waals surface area contributed by atoms with E-state index in [0.29, 0.717) is 11.8 Å². The van der Waals surface area contributed by atoms with Gasteiger partial charge in [-0.3, -0.25) is 9.55 Å². The Bertz CT molecular complexity index is 5510. The fourth-order valence-electron chi connectivity index (χ4n) is 14.1. The summed E-state index contributed by atoms with van der Waals surface area (Å²) in [7, 11) is 0. The van der Waals surface area contributed by atoms with Crippen LogP contribution in [0, 0.1) is 11.8 Å². The maximum Gasteiger partial charge on any atom is 0.136 e. The van der Waals surface area contributed by atoms with Crippen molar-refractivity contribution in [1.82, 2.24) is 23.9 Å². The molecule has 5 nitrogen and oxygen atoms in total. The van der Waals surface area contributed by atoms with Gasteiger partial charge in [0.25, 0.3) is 0 Å². The molecule has 4 heterocycles. The van der Waals surface area contributed by atoms with Crippen molar-refractivity contribution in [3.8, 4) is 16.8 Å². The Morgan fingerprint density at radius 1 is 0.224 bits per heavy atom. The monoisotopic (exact) mass is 1980 g/mol. The number of nitrogens with zero attached hydrogens (tertiary/aromatic N) is 5. The zero-order valence-electron chi connectivity index (χ0n) is 101. The lowest BCUT2D eigenvalue weighted by atomic mass is 9.65. The molecule has 0 bridgehead atoms. The second kappa shape index (κ2) is 107. The number of imidazole rings is 2. The zero-order valence-corrected chi connectivity index (χ0v) is 101. The summed E-state index contributed by atoms with van der Waals surface area (Å²) in [5, 5.41) is 13.2. The molecule has 0 amide bonds. The normalized spacial score (nSPS) is 11.1. The Hall–Kier alpha value is -13.4. The van der Waals surface area contributed by atoms with Crippen LogP contribution in [0.25, 0.3) is 87.4 Å². The SMILES string of the molecule is C1=CC2=CC=C3C=CC=C4C=CC(=C1)C2C43.CC.CC.CC.CC.CC.CC.CC.CC.CC.CC.CC.CC.CC.CC.CC.CC.CC.CC.CC.CC.CC.CC1(C)c2ccccc2-c2ccccc21.c1ccc(-n2cnc3ccccc32)cc1.c1ccc2c(c1)ccc1ccccc12.c1ccc2cc3ccccc3cc2c1.c1ccc2ccccc2c1.c1ccccc1.c1ccn2ccnc2c1.c1ccncc1. The third-order valence-corrected chi connectivity index (χ3v) is 19.3. The molecule has 147 heavy (non-hydrogen) atoms. The van der Waals surface area contributed by atoms with Gasteiger partial charge in [0.2, 0.25) is 0 Å². The van der Waals surface area contributed by atoms with Gasteiger partial charge in [0.05, 0.1) is 11.0 Å². The Labute approximate surface area is 904 Å². The maximum absolute atomic E-state index is 4.36. The number of hydrogen-bond donors (Lipinski definition) is 0. The van der Waals surface area contributed by atoms with Crippen molar-refractivity contribution in [1.29, 1.82) is 0 Å². The van der Waals surface area contributed by atoms with Gasteiger partial charge >= 0.3 is 0 Å². The van der Waals surface area contributed by atoms with E-state index in [2.05, 4.69) is 331 Å². The molecule has 0 fully saturated rings. The maximum atomic E-state index is 4.36. The highest BCUT2D eigenvalue weighted by Gasteiger charge is 2.37. The van der Waals surface area contributed by atoms with Crippen molar-refractivity contribution in [2.24, 2.45) is 11.8 Å². The first-order valence-corrected chi connectivity index (χ1v) is 56.9. The van der Waals surface area contributed by atoms with Crippen LogP contribution in [0.3, 0.4) is 0 Å². The first-order chi connectivity index (χ1) is 72.9. The van der Waals surface area contributed by atoms with E-state index >= 15 is 0 Å². The van der Waals surface area contributed by atoms with E-state index in [1.807, 2.05) is 423 Å². The summed E-state index contributed by atoms with van der Waals surface area (Å²) in [6.07, 6.45) is 33.4. The second-order valence-electron chi connectivity index (χ2n) is 26.3. The van der Waals surface area contributed by atoms with Crippen LogP contribution in [0.2, 0.25) is 0 Å². The third-order valence-electron chi connectivity index (χ3n) is 19.3. The first-order valence-electron chi connectivity index (χ1n) is 56.9. The number of para-hydroxylation sites is 3. The summed E-state index contributed by atoms with van der Waals surface area (Å²) in [4.78, 5) is 12.2. The predicted molar refractivity (Wildman–Crippen MR) is 683 cm³/mol. The van der Waals surface area contributed by atoms with Crippen molar-refractivity contribution >= 4 is 70.5 Å². The van der Waals surface area contributed by atoms with Crippen molar-refractivity contribution in [3.63, 3.8) is 0 Å². The Balaban J connectivity index is -0.000000238. The highest BCUT2D eigenvalue weighted by molar-refractivity contribution is 6.07. The van der Waals surface area contributed by atoms with Gasteiger partial charge in [-0.2, -0.15) is 0 Å². The molecule has 800 valence electrons. The minimum Gasteiger partial charge on any atom is -0.307 e. The van der Waals surface area contributed by atoms with E-state index in [1.54, 1.807) is 18.6 Å². The molecule has 4 aromatic heterocycles. The van der Waals surface area contributed by atoms with Crippen molar-refractivity contribution < 1.29 is 0 Å². The molecule has 0 spiro atoms. The van der Waals surface area contributed by atoms with Crippen molar-refractivity contribution in [3.05, 3.63) is 477 Å². The average Bonchev–Trinajstić information content (AvgIpc) is 1.31. The zero-order chi connectivity index (χ0) is 113. The van der Waals surface area contributed by atoms with Crippen LogP contribution in [0.4, 0.5) is 0 Å². The Morgan fingerprint density at radius 2 is 0.510 bits per heavy atom. The van der Waals surface area contributed by atoms with Gasteiger partial charge < -0.3 is 4.40 Å². The Kier molecular flexibility index (Phi) is 108. The van der Waals surface area contributed by atoms with Crippen LogP contribution in [-0.4, -0.2) is 23.9 Å². The third kappa shape index (κ3) is 53.0. The minimum absolute atomic E-state index is 0.160. The van der Waals surface area contributed by atoms with Crippen LogP contribution in [-0.2, 0) is 5.41 Å². The van der Waals surface area contributed by atoms with Gasteiger partial charge in [-0.1, -0.05) is 651 Å². The fourth-order valence-corrected chi connectivity index (χ4v) is 14.1. The standard InChI is InChI=1S/C16H12.C15H14.2C14H10.C13H10N2.C10H8.C7H6N2.C6H6.C5H5N.21C2H6/c1-3-11-7-9-13-5-2-6-14-10-8-12(4-1)15(11)16(13)14;1-15(2)13-9-5-3-7-11(13)12-8-4-6-10-14(12)15;1-3-7-13-11(5-1)9-10-12-6-2-4-8-14(12)13;1-2-6-12-10-14-8-4-3-7-13(14)9-11(12)5-1;1-2-6-11(7-3-1)15-10-14-12-8-4-5-9-13(12)15;1-2-6-10-8-4-3-7-9(10)5-1;1-2-5-9-6-4-8-7(9)3-1;2*1-2-4-6-5-3-1;21*1-2/h1-10,15-16H;3-10H,1-2H3;2*1-10H;1-10H;1-8H;1-6H;1-6H;1-5H;21*1-2H3. The molecule has 0 N–H and O–H groups in total. The average molecular weight is 1980 g/mol. The van der Waals surface area contributed by atoms with E-state index in [4.69, 9.17) is 0 Å². The quantitative estimate of drug-likeness (QED) is 0.122. The molecule has 5 aliphatic carbocycles. The molecule has 0 radical (unpaired) electrons. The van der Waals surface area contributed by atoms with Gasteiger partial charge in [-0.15, -0.1) is 0 Å². The fraction of sp³-hybridized carbons (Fsp3) is 0.331. The van der Waals surface area contributed by atoms with Crippen molar-refractivity contribution in [2.45, 2.75) is 310 Å². The van der Waals surface area contributed by atoms with Crippen LogP contribution in [0.1, 0.15) is 316 Å². The number of rotatable bonds is 1. The summed E-state index contributed by atoms with van der Waals surface area (Å²) in [6.45, 7) is 88.6. The molecule has 0 saturated carbocycles. The number of aromatic nitrogens is 5. The Morgan fingerprint density at radius 3 is 0.850 bits per heavy atom. The molecule has 2 atom stereocenters. The van der Waals surface area contributed by atoms with Crippen LogP contribution < -0.4 is 0 Å². The lowest BCUT2D eigenvalue weighted by Crippen LogP contribution is -2.28. The molecule has 2 unspecified atom stereocenters. The smallest absolute Gasteiger partial charge is 0.136 e. The number of allylic oxidation sites excluding steroid dienone is 14. The molecular formula is C142H207N5. The summed E-state index contributed by atoms with van der Waals surface area (Å²) in [5.74, 6) is 1.12. The molecule has 5 aliphatic rings. The summed E-state index contributed by atoms with van der Waals surface area (Å²) in [5.41, 5.74) is 16.0. The van der Waals surface area contributed by atoms with E-state index in [9.17, 15) is 0 Å². The highest BCUT2D eigenvalue weighted by Crippen LogP contribution is 2.49. The van der Waals surface area contributed by atoms with E-state index in [-0.39, 0.29) is 5.41 Å². The number of benzene rings is 13. The topological polar surface area (TPSA) is 48.0 Å². The highest BCUT2D eigenvalue weighted by atomic mass is 15.0. The summed E-state index contributed by atoms with van der Waals surface area (Å²) in [6, 6.07) is 119. The first kappa shape index (κ1) is 149. The number of pyridine rings is 2. The molecule has 22 rings (SSSR count). The van der Waals surface area contributed by atoms with Crippen LogP contribution >= 0.6 is 0 Å². The van der Waals surface area contributed by atoms with E-state index < -0.39 is 0 Å². The van der Waals surface area contributed by atoms with Gasteiger partial charge in [-0.05, 0) is 159 Å². The minimum atomic E-state index is 0.160. The van der Waals surface area contributed by atoms with Gasteiger partial charge in [-0.25, -0.2) is 9.97 Å². The number of fused-ring (bicyclic) bond motifs is 11. The molecular weight excluding hydrogens is 1780 g/mol. The van der Waals surface area contributed by atoms with Crippen LogP contribution in [0.15, 0.2) is 466 Å². The molecule has 17 aromatic rings. The second-order valence-corrected chi connectivity index (χ2v) is 26.3. The van der Waals surface area contributed by atoms with Gasteiger partial charge in [0.15, 0.2) is 0 Å². The lowest BCUT2D eigenvalue weighted by molar-refractivity contribution is 0.564. The van der Waals surface area contributed by atoms with Crippen LogP contribution in [0.5, 0.6) is 0 Å². The lowest BCUT2D eigenvalue weighted by Gasteiger charge is -2.39. The van der Waals surface area contributed by atoms with Gasteiger partial charge in [0.1, 0.15) is 12.0 Å².